The minimum Gasteiger partial charge on any atom is -0.481 e. The van der Waals surface area contributed by atoms with Crippen molar-refractivity contribution in [3.63, 3.8) is 0 Å². The van der Waals surface area contributed by atoms with Crippen LogP contribution in [0.2, 0.25) is 0 Å². The average Bonchev–Trinajstić information content (AvgIpc) is 2.55. The van der Waals surface area contributed by atoms with E-state index in [-0.39, 0.29) is 18.0 Å². The number of nitrogens with zero attached hydrogens (tertiary/aromatic N) is 1. The first kappa shape index (κ1) is 18.0. The number of carboxylic acid groups (broad SMARTS) is 1. The molecule has 4 nitrogen and oxygen atoms in total. The molecule has 23 heavy (non-hydrogen) atoms. The molecule has 0 saturated heterocycles. The second-order valence-electron chi connectivity index (χ2n) is 7.08. The summed E-state index contributed by atoms with van der Waals surface area (Å²) in [5.74, 6) is -0.995. The van der Waals surface area contributed by atoms with Crippen molar-refractivity contribution in [2.24, 2.45) is 5.92 Å². The maximum absolute atomic E-state index is 11.8. The summed E-state index contributed by atoms with van der Waals surface area (Å²) in [5.41, 5.74) is 1.21. The lowest BCUT2D eigenvalue weighted by atomic mass is 9.80. The Balaban J connectivity index is 2.03. The number of benzene rings is 1. The summed E-state index contributed by atoms with van der Waals surface area (Å²) >= 11 is 0. The van der Waals surface area contributed by atoms with E-state index >= 15 is 0 Å². The van der Waals surface area contributed by atoms with Crippen molar-refractivity contribution in [1.29, 1.82) is 0 Å². The molecule has 0 aromatic heterocycles. The first-order chi connectivity index (χ1) is 10.9. The molecule has 0 bridgehead atoms. The Kier molecular flexibility index (Phi) is 6.19. The molecule has 1 aliphatic carbocycles. The molecule has 4 atom stereocenters. The van der Waals surface area contributed by atoms with Crippen LogP contribution < -0.4 is 5.32 Å². The SMILES string of the molecule is CC(C)N(C)C1CCC(N[C@@H](C)c2ccccc2)C(C(=O)O)C1. The number of hydrogen-bond acceptors (Lipinski definition) is 3. The molecule has 1 aromatic carbocycles. The van der Waals surface area contributed by atoms with E-state index < -0.39 is 5.97 Å². The van der Waals surface area contributed by atoms with Gasteiger partial charge in [-0.3, -0.25) is 4.79 Å². The summed E-state index contributed by atoms with van der Waals surface area (Å²) in [7, 11) is 2.11. The molecule has 1 aromatic rings. The van der Waals surface area contributed by atoms with Crippen molar-refractivity contribution in [3.05, 3.63) is 35.9 Å². The molecule has 3 unspecified atom stereocenters. The zero-order chi connectivity index (χ0) is 17.0. The van der Waals surface area contributed by atoms with Crippen LogP contribution >= 0.6 is 0 Å². The smallest absolute Gasteiger partial charge is 0.308 e. The van der Waals surface area contributed by atoms with Gasteiger partial charge in [0, 0.05) is 24.2 Å². The third-order valence-electron chi connectivity index (χ3n) is 5.29. The van der Waals surface area contributed by atoms with Crippen molar-refractivity contribution < 1.29 is 9.90 Å². The van der Waals surface area contributed by atoms with E-state index in [1.807, 2.05) is 18.2 Å². The molecule has 1 saturated carbocycles. The maximum atomic E-state index is 11.8. The van der Waals surface area contributed by atoms with Gasteiger partial charge in [-0.1, -0.05) is 30.3 Å². The van der Waals surface area contributed by atoms with Gasteiger partial charge in [0.15, 0.2) is 0 Å². The zero-order valence-corrected chi connectivity index (χ0v) is 14.7. The standard InChI is InChI=1S/C19H30N2O2/c1-13(2)21(4)16-10-11-18(17(12-16)19(22)23)20-14(3)15-8-6-5-7-9-15/h5-9,13-14,16-18,20H,10-12H2,1-4H3,(H,22,23)/t14-,16?,17?,18?/m0/s1. The number of carbonyl (C=O) groups is 1. The van der Waals surface area contributed by atoms with Gasteiger partial charge < -0.3 is 15.3 Å². The van der Waals surface area contributed by atoms with Gasteiger partial charge in [0.2, 0.25) is 0 Å². The number of nitrogens with one attached hydrogen (secondary N) is 1. The second-order valence-corrected chi connectivity index (χ2v) is 7.08. The predicted octanol–water partition coefficient (Wildman–Crippen LogP) is 3.30. The fraction of sp³-hybridized carbons (Fsp3) is 0.632. The summed E-state index contributed by atoms with van der Waals surface area (Å²) in [4.78, 5) is 14.1. The monoisotopic (exact) mass is 318 g/mol. The Morgan fingerprint density at radius 1 is 1.22 bits per heavy atom. The Bertz CT molecular complexity index is 503. The van der Waals surface area contributed by atoms with E-state index in [1.54, 1.807) is 0 Å². The van der Waals surface area contributed by atoms with E-state index in [0.29, 0.717) is 12.1 Å². The van der Waals surface area contributed by atoms with Gasteiger partial charge in [-0.05, 0) is 52.6 Å². The highest BCUT2D eigenvalue weighted by atomic mass is 16.4. The molecule has 4 heteroatoms. The van der Waals surface area contributed by atoms with Crippen LogP contribution in [0, 0.1) is 5.92 Å². The van der Waals surface area contributed by atoms with Gasteiger partial charge in [-0.25, -0.2) is 0 Å². The fourth-order valence-electron chi connectivity index (χ4n) is 3.57. The summed E-state index contributed by atoms with van der Waals surface area (Å²) in [5, 5.41) is 13.2. The molecule has 0 spiro atoms. The van der Waals surface area contributed by atoms with Crippen molar-refractivity contribution >= 4 is 5.97 Å². The number of carboxylic acids is 1. The van der Waals surface area contributed by atoms with Crippen molar-refractivity contribution in [2.75, 3.05) is 7.05 Å². The molecule has 128 valence electrons. The quantitative estimate of drug-likeness (QED) is 0.845. The molecule has 0 amide bonds. The van der Waals surface area contributed by atoms with E-state index in [1.165, 1.54) is 5.56 Å². The van der Waals surface area contributed by atoms with Crippen LogP contribution in [0.5, 0.6) is 0 Å². The molecule has 0 heterocycles. The van der Waals surface area contributed by atoms with Crippen molar-refractivity contribution in [1.82, 2.24) is 10.2 Å². The van der Waals surface area contributed by atoms with E-state index in [4.69, 9.17) is 0 Å². The van der Waals surface area contributed by atoms with Gasteiger partial charge in [-0.2, -0.15) is 0 Å². The van der Waals surface area contributed by atoms with Gasteiger partial charge in [0.1, 0.15) is 0 Å². The molecule has 0 radical (unpaired) electrons. The lowest BCUT2D eigenvalue weighted by molar-refractivity contribution is -0.144. The van der Waals surface area contributed by atoms with Gasteiger partial charge in [0.05, 0.1) is 5.92 Å². The van der Waals surface area contributed by atoms with E-state index in [9.17, 15) is 9.90 Å². The molecular weight excluding hydrogens is 288 g/mol. The minimum atomic E-state index is -0.676. The summed E-state index contributed by atoms with van der Waals surface area (Å²) in [6, 6.07) is 11.2. The van der Waals surface area contributed by atoms with Crippen LogP contribution in [-0.2, 0) is 4.79 Å². The average molecular weight is 318 g/mol. The lowest BCUT2D eigenvalue weighted by Crippen LogP contribution is -2.50. The molecule has 2 N–H and O–H groups in total. The first-order valence-corrected chi connectivity index (χ1v) is 8.66. The fourth-order valence-corrected chi connectivity index (χ4v) is 3.57. The van der Waals surface area contributed by atoms with Crippen LogP contribution in [0.4, 0.5) is 0 Å². The Morgan fingerprint density at radius 3 is 2.43 bits per heavy atom. The Labute approximate surface area is 139 Å². The number of hydrogen-bond donors (Lipinski definition) is 2. The Hall–Kier alpha value is -1.39. The summed E-state index contributed by atoms with van der Waals surface area (Å²) in [6.07, 6.45) is 2.69. The normalized spacial score (nSPS) is 26.4. The zero-order valence-electron chi connectivity index (χ0n) is 14.7. The maximum Gasteiger partial charge on any atom is 0.308 e. The largest absolute Gasteiger partial charge is 0.481 e. The molecule has 1 fully saturated rings. The summed E-state index contributed by atoms with van der Waals surface area (Å²) in [6.45, 7) is 6.44. The Morgan fingerprint density at radius 2 is 1.87 bits per heavy atom. The number of aliphatic carboxylic acids is 1. The molecular formula is C19H30N2O2. The highest BCUT2D eigenvalue weighted by Gasteiger charge is 2.37. The topological polar surface area (TPSA) is 52.6 Å². The number of rotatable bonds is 6. The van der Waals surface area contributed by atoms with Crippen molar-refractivity contribution in [3.8, 4) is 0 Å². The predicted molar refractivity (Wildman–Crippen MR) is 93.4 cm³/mol. The van der Waals surface area contributed by atoms with E-state index in [2.05, 4.69) is 50.2 Å². The third kappa shape index (κ3) is 4.55. The van der Waals surface area contributed by atoms with Crippen LogP contribution in [0.1, 0.15) is 51.6 Å². The lowest BCUT2D eigenvalue weighted by Gasteiger charge is -2.41. The highest BCUT2D eigenvalue weighted by Crippen LogP contribution is 2.30. The van der Waals surface area contributed by atoms with Gasteiger partial charge in [-0.15, -0.1) is 0 Å². The highest BCUT2D eigenvalue weighted by molar-refractivity contribution is 5.71. The molecule has 1 aliphatic rings. The van der Waals surface area contributed by atoms with Crippen LogP contribution in [0.15, 0.2) is 30.3 Å². The second kappa shape index (κ2) is 7.93. The first-order valence-electron chi connectivity index (χ1n) is 8.66. The van der Waals surface area contributed by atoms with Crippen LogP contribution in [-0.4, -0.2) is 41.1 Å². The molecule has 2 rings (SSSR count). The molecule has 0 aliphatic heterocycles. The third-order valence-corrected chi connectivity index (χ3v) is 5.29. The van der Waals surface area contributed by atoms with Crippen LogP contribution in [0.25, 0.3) is 0 Å². The van der Waals surface area contributed by atoms with Gasteiger partial charge in [0.25, 0.3) is 0 Å². The van der Waals surface area contributed by atoms with E-state index in [0.717, 1.165) is 19.3 Å². The van der Waals surface area contributed by atoms with Crippen molar-refractivity contribution in [2.45, 2.75) is 64.2 Å². The van der Waals surface area contributed by atoms with Gasteiger partial charge >= 0.3 is 5.97 Å². The minimum absolute atomic E-state index is 0.0412. The summed E-state index contributed by atoms with van der Waals surface area (Å²) < 4.78 is 0. The van der Waals surface area contributed by atoms with Crippen LogP contribution in [0.3, 0.4) is 0 Å².